The Morgan fingerprint density at radius 2 is 2.00 bits per heavy atom. The highest BCUT2D eigenvalue weighted by molar-refractivity contribution is 7.18. The van der Waals surface area contributed by atoms with E-state index in [9.17, 15) is 4.79 Å². The second-order valence-electron chi connectivity index (χ2n) is 4.52. The summed E-state index contributed by atoms with van der Waals surface area (Å²) < 4.78 is 6.25. The van der Waals surface area contributed by atoms with Crippen LogP contribution < -0.4 is 4.74 Å². The Bertz CT molecular complexity index is 617. The Labute approximate surface area is 122 Å². The van der Waals surface area contributed by atoms with Crippen LogP contribution in [0.4, 0.5) is 0 Å². The van der Waals surface area contributed by atoms with E-state index in [1.807, 2.05) is 26.8 Å². The van der Waals surface area contributed by atoms with Crippen molar-refractivity contribution in [1.29, 1.82) is 0 Å². The molecule has 0 amide bonds. The van der Waals surface area contributed by atoms with Gasteiger partial charge in [-0.3, -0.25) is 4.79 Å². The lowest BCUT2D eigenvalue weighted by atomic mass is 10.1. The number of carbonyl (C=O) groups is 1. The van der Waals surface area contributed by atoms with E-state index in [2.05, 4.69) is 6.07 Å². The summed E-state index contributed by atoms with van der Waals surface area (Å²) in [5.41, 5.74) is 3.37. The van der Waals surface area contributed by atoms with E-state index in [1.54, 1.807) is 12.1 Å². The van der Waals surface area contributed by atoms with Crippen LogP contribution in [-0.4, -0.2) is 12.4 Å². The first-order chi connectivity index (χ1) is 8.97. The minimum atomic E-state index is -0.0459. The highest BCUT2D eigenvalue weighted by Gasteiger charge is 2.11. The molecule has 0 N–H and O–H groups in total. The van der Waals surface area contributed by atoms with E-state index in [1.165, 1.54) is 16.9 Å². The number of Topliss-reactive ketones (excluding diaryl/α,β-unsaturated/α-hetero) is 1. The molecule has 0 radical (unpaired) electrons. The molecule has 1 aromatic carbocycles. The summed E-state index contributed by atoms with van der Waals surface area (Å²) in [6, 6.07) is 7.51. The Kier molecular flexibility index (Phi) is 4.27. The quantitative estimate of drug-likeness (QED) is 0.771. The monoisotopic (exact) mass is 294 g/mol. The van der Waals surface area contributed by atoms with E-state index >= 15 is 0 Å². The van der Waals surface area contributed by atoms with Crippen LogP contribution in [0.3, 0.4) is 0 Å². The van der Waals surface area contributed by atoms with Crippen LogP contribution in [0, 0.1) is 20.8 Å². The Morgan fingerprint density at radius 3 is 2.63 bits per heavy atom. The van der Waals surface area contributed by atoms with E-state index in [0.29, 0.717) is 9.21 Å². The third-order valence-corrected chi connectivity index (χ3v) is 4.24. The zero-order chi connectivity index (χ0) is 14.0. The Morgan fingerprint density at radius 1 is 1.26 bits per heavy atom. The van der Waals surface area contributed by atoms with E-state index in [-0.39, 0.29) is 12.4 Å². The third-order valence-electron chi connectivity index (χ3n) is 2.97. The molecule has 0 saturated heterocycles. The number of carbonyl (C=O) groups excluding carboxylic acids is 1. The van der Waals surface area contributed by atoms with Gasteiger partial charge in [0, 0.05) is 0 Å². The second kappa shape index (κ2) is 5.76. The van der Waals surface area contributed by atoms with Gasteiger partial charge in [-0.1, -0.05) is 17.7 Å². The van der Waals surface area contributed by atoms with Crippen LogP contribution in [0.2, 0.25) is 4.34 Å². The number of halogens is 1. The number of ketones is 1. The molecule has 2 aromatic rings. The van der Waals surface area contributed by atoms with Crippen LogP contribution in [0.1, 0.15) is 26.4 Å². The summed E-state index contributed by atoms with van der Waals surface area (Å²) >= 11 is 7.09. The fourth-order valence-electron chi connectivity index (χ4n) is 1.83. The molecular formula is C15H15ClO2S. The number of benzene rings is 1. The van der Waals surface area contributed by atoms with Crippen molar-refractivity contribution in [2.75, 3.05) is 6.61 Å². The molecule has 19 heavy (non-hydrogen) atoms. The molecule has 2 nitrogen and oxygen atoms in total. The largest absolute Gasteiger partial charge is 0.485 e. The fourth-order valence-corrected chi connectivity index (χ4v) is 2.80. The second-order valence-corrected chi connectivity index (χ2v) is 6.24. The van der Waals surface area contributed by atoms with Crippen molar-refractivity contribution in [1.82, 2.24) is 0 Å². The molecule has 0 fully saturated rings. The van der Waals surface area contributed by atoms with Crippen LogP contribution in [0.25, 0.3) is 0 Å². The molecule has 1 heterocycles. The van der Waals surface area contributed by atoms with Crippen LogP contribution >= 0.6 is 22.9 Å². The number of rotatable bonds is 4. The summed E-state index contributed by atoms with van der Waals surface area (Å²) in [5.74, 6) is 0.726. The Balaban J connectivity index is 2.09. The van der Waals surface area contributed by atoms with Gasteiger partial charge in [-0.15, -0.1) is 11.3 Å². The van der Waals surface area contributed by atoms with Gasteiger partial charge in [0.25, 0.3) is 0 Å². The average molecular weight is 295 g/mol. The van der Waals surface area contributed by atoms with Crippen molar-refractivity contribution in [3.63, 3.8) is 0 Å². The lowest BCUT2D eigenvalue weighted by Crippen LogP contribution is -2.11. The predicted molar refractivity (Wildman–Crippen MR) is 79.8 cm³/mol. The van der Waals surface area contributed by atoms with Gasteiger partial charge in [0.15, 0.2) is 6.61 Å². The van der Waals surface area contributed by atoms with Gasteiger partial charge < -0.3 is 4.74 Å². The molecular weight excluding hydrogens is 280 g/mol. The van der Waals surface area contributed by atoms with Gasteiger partial charge in [0.05, 0.1) is 9.21 Å². The molecule has 0 atom stereocenters. The minimum absolute atomic E-state index is 0.0422. The van der Waals surface area contributed by atoms with Gasteiger partial charge in [0.2, 0.25) is 5.78 Å². The summed E-state index contributed by atoms with van der Waals surface area (Å²) in [6.07, 6.45) is 0. The minimum Gasteiger partial charge on any atom is -0.485 e. The van der Waals surface area contributed by atoms with Crippen molar-refractivity contribution in [3.05, 3.63) is 50.2 Å². The average Bonchev–Trinajstić information content (AvgIpc) is 2.78. The maximum Gasteiger partial charge on any atom is 0.210 e. The van der Waals surface area contributed by atoms with E-state index in [4.69, 9.17) is 16.3 Å². The smallest absolute Gasteiger partial charge is 0.210 e. The Hall–Kier alpha value is -1.32. The maximum absolute atomic E-state index is 11.9. The zero-order valence-corrected chi connectivity index (χ0v) is 12.7. The van der Waals surface area contributed by atoms with Crippen LogP contribution in [-0.2, 0) is 0 Å². The number of hydrogen-bond acceptors (Lipinski definition) is 3. The molecule has 0 aliphatic heterocycles. The predicted octanol–water partition coefficient (Wildman–Crippen LogP) is 4.59. The van der Waals surface area contributed by atoms with Crippen LogP contribution in [0.5, 0.6) is 5.75 Å². The maximum atomic E-state index is 11.9. The van der Waals surface area contributed by atoms with E-state index < -0.39 is 0 Å². The molecule has 0 bridgehead atoms. The molecule has 1 aromatic heterocycles. The molecule has 0 spiro atoms. The third kappa shape index (κ3) is 3.37. The van der Waals surface area contributed by atoms with Gasteiger partial charge in [-0.05, 0) is 55.7 Å². The number of thiophene rings is 1. The molecule has 2 rings (SSSR count). The fraction of sp³-hybridized carbons (Fsp3) is 0.267. The summed E-state index contributed by atoms with van der Waals surface area (Å²) in [5, 5.41) is 0. The standard InChI is InChI=1S/C15H15ClO2S/c1-9-6-10(2)11(3)13(7-9)18-8-12(17)14-4-5-15(16)19-14/h4-7H,8H2,1-3H3. The lowest BCUT2D eigenvalue weighted by Gasteiger charge is -2.11. The van der Waals surface area contributed by atoms with E-state index in [0.717, 1.165) is 16.9 Å². The normalized spacial score (nSPS) is 10.5. The summed E-state index contributed by atoms with van der Waals surface area (Å²) in [6.45, 7) is 6.09. The van der Waals surface area contributed by atoms with Gasteiger partial charge in [-0.2, -0.15) is 0 Å². The molecule has 0 aliphatic carbocycles. The molecule has 0 aliphatic rings. The summed E-state index contributed by atoms with van der Waals surface area (Å²) in [7, 11) is 0. The van der Waals surface area contributed by atoms with Gasteiger partial charge >= 0.3 is 0 Å². The van der Waals surface area contributed by atoms with Crippen molar-refractivity contribution < 1.29 is 9.53 Å². The first-order valence-corrected chi connectivity index (χ1v) is 7.16. The van der Waals surface area contributed by atoms with Gasteiger partial charge in [-0.25, -0.2) is 0 Å². The highest BCUT2D eigenvalue weighted by atomic mass is 35.5. The molecule has 0 saturated carbocycles. The summed E-state index contributed by atoms with van der Waals surface area (Å²) in [4.78, 5) is 12.6. The topological polar surface area (TPSA) is 26.3 Å². The highest BCUT2D eigenvalue weighted by Crippen LogP contribution is 2.25. The molecule has 4 heteroatoms. The van der Waals surface area contributed by atoms with Crippen molar-refractivity contribution in [2.45, 2.75) is 20.8 Å². The zero-order valence-electron chi connectivity index (χ0n) is 11.1. The SMILES string of the molecule is Cc1cc(C)c(C)c(OCC(=O)c2ccc(Cl)s2)c1. The number of ether oxygens (including phenoxy) is 1. The molecule has 0 unspecified atom stereocenters. The van der Waals surface area contributed by atoms with Crippen molar-refractivity contribution in [3.8, 4) is 5.75 Å². The van der Waals surface area contributed by atoms with Crippen molar-refractivity contribution in [2.24, 2.45) is 0 Å². The van der Waals surface area contributed by atoms with Gasteiger partial charge in [0.1, 0.15) is 5.75 Å². The molecule has 100 valence electrons. The number of hydrogen-bond donors (Lipinski definition) is 0. The first kappa shape index (κ1) is 14.1. The first-order valence-electron chi connectivity index (χ1n) is 5.96. The lowest BCUT2D eigenvalue weighted by molar-refractivity contribution is 0.0925. The van der Waals surface area contributed by atoms with Crippen molar-refractivity contribution >= 4 is 28.7 Å². The number of aryl methyl sites for hydroxylation is 2. The van der Waals surface area contributed by atoms with Crippen LogP contribution in [0.15, 0.2) is 24.3 Å².